The van der Waals surface area contributed by atoms with Crippen LogP contribution >= 0.6 is 0 Å². The zero-order valence-corrected chi connectivity index (χ0v) is 41.3. The number of carbonyl (C=O) groups is 8. The quantitative estimate of drug-likeness (QED) is 0.0193. The lowest BCUT2D eigenvalue weighted by Gasteiger charge is -2.27. The summed E-state index contributed by atoms with van der Waals surface area (Å²) in [5, 5.41) is 12.1. The molecule has 0 aromatic heterocycles. The molecule has 1 aromatic carbocycles. The first-order valence-corrected chi connectivity index (χ1v) is 28.0. The molecule has 68 heavy (non-hydrogen) atoms. The van der Waals surface area contributed by atoms with Gasteiger partial charge in [-0.05, 0) is 12.8 Å². The van der Waals surface area contributed by atoms with E-state index in [0.29, 0.717) is 12.8 Å². The van der Waals surface area contributed by atoms with E-state index in [4.69, 9.17) is 47.4 Å². The first-order chi connectivity index (χ1) is 32.3. The van der Waals surface area contributed by atoms with Crippen molar-refractivity contribution < 1.29 is 85.7 Å². The van der Waals surface area contributed by atoms with E-state index in [0.717, 1.165) is 36.4 Å². The standard InChI is InChI=1S/C44H66N4O18Si2/c1-9-35(49)58-25-19-45-41(53)63-32-39(64-42(54)46-20-26-59-36(50)10-2)62-24-14-30-68(7,8)34-17-15-33(16-18-34)67(5,6)29-13-23-57-31-40(65-43(55)47-21-27-60-37(51)11-3)66-44(56)48-22-28-61-38(52)12-4/h9-12,15-18,39-40H,1-4,13-14,19-32H2,5-8H3,(H,45,53)(H,46,54)(H,47,55)(H,48,56). The van der Waals surface area contributed by atoms with E-state index < -0.39 is 83.6 Å². The second kappa shape index (κ2) is 33.9. The van der Waals surface area contributed by atoms with Crippen molar-refractivity contribution in [2.75, 3.05) is 79.0 Å². The minimum Gasteiger partial charge on any atom is -0.461 e. The first kappa shape index (κ1) is 59.5. The van der Waals surface area contributed by atoms with Gasteiger partial charge in [0, 0.05) is 30.9 Å². The number of esters is 4. The SMILES string of the molecule is C=CC(=O)OCCNC(=O)OCC(OCCC[Si](C)(C)c1ccc([Si](C)(C)CCCOCC(OC(=O)NCCOC(=O)C=C)OC(=O)NCCOC(=O)C=C)cc1)OC(=O)NCCOC(=O)C=C. The molecule has 4 N–H and O–H groups in total. The number of nitrogens with one attached hydrogen (secondary N) is 4. The Bertz CT molecular complexity index is 1790. The summed E-state index contributed by atoms with van der Waals surface area (Å²) >= 11 is 0. The Morgan fingerprint density at radius 2 is 0.809 bits per heavy atom. The maximum Gasteiger partial charge on any atom is 0.410 e. The number of hydrogen-bond donors (Lipinski definition) is 4. The van der Waals surface area contributed by atoms with Gasteiger partial charge in [-0.15, -0.1) is 0 Å². The molecular formula is C44H66N4O18Si2. The highest BCUT2D eigenvalue weighted by molar-refractivity contribution is 6.91. The molecule has 0 heterocycles. The van der Waals surface area contributed by atoms with Crippen LogP contribution in [0.1, 0.15) is 12.8 Å². The van der Waals surface area contributed by atoms with Crippen molar-refractivity contribution in [1.29, 1.82) is 0 Å². The van der Waals surface area contributed by atoms with Crippen molar-refractivity contribution in [3.63, 3.8) is 0 Å². The molecule has 24 heteroatoms. The zero-order chi connectivity index (χ0) is 50.8. The molecule has 0 fully saturated rings. The fourth-order valence-electron chi connectivity index (χ4n) is 5.53. The summed E-state index contributed by atoms with van der Waals surface area (Å²) in [6.07, 6.45) is -1.14. The minimum absolute atomic E-state index is 0.0326. The molecule has 0 radical (unpaired) electrons. The first-order valence-electron chi connectivity index (χ1n) is 21.6. The number of hydrogen-bond acceptors (Lipinski definition) is 18. The largest absolute Gasteiger partial charge is 0.461 e. The Kier molecular flexibility index (Phi) is 29.7. The molecule has 378 valence electrons. The van der Waals surface area contributed by atoms with Gasteiger partial charge in [-0.25, -0.2) is 38.4 Å². The molecule has 1 aromatic rings. The summed E-state index contributed by atoms with van der Waals surface area (Å²) in [6, 6.07) is 10.3. The van der Waals surface area contributed by atoms with E-state index in [1.807, 2.05) is 0 Å². The van der Waals surface area contributed by atoms with Gasteiger partial charge in [0.25, 0.3) is 6.29 Å². The molecule has 0 saturated carbocycles. The third-order valence-electron chi connectivity index (χ3n) is 9.24. The van der Waals surface area contributed by atoms with Crippen molar-refractivity contribution in [2.45, 2.75) is 63.7 Å². The van der Waals surface area contributed by atoms with Gasteiger partial charge < -0.3 is 68.6 Å². The normalized spacial score (nSPS) is 11.3. The molecule has 0 aliphatic heterocycles. The van der Waals surface area contributed by atoms with Crippen LogP contribution in [-0.4, -0.2) is 156 Å². The fourth-order valence-corrected chi connectivity index (χ4v) is 10.3. The topological polar surface area (TPSA) is 277 Å². The van der Waals surface area contributed by atoms with Crippen LogP contribution < -0.4 is 31.6 Å². The molecule has 0 spiro atoms. The van der Waals surface area contributed by atoms with Crippen molar-refractivity contribution in [2.24, 2.45) is 0 Å². The Labute approximate surface area is 398 Å². The predicted molar refractivity (Wildman–Crippen MR) is 251 cm³/mol. The van der Waals surface area contributed by atoms with Gasteiger partial charge in [0.1, 0.15) is 33.0 Å². The Balaban J connectivity index is 2.74. The molecular weight excluding hydrogens is 929 g/mol. The van der Waals surface area contributed by atoms with Crippen LogP contribution in [0.15, 0.2) is 74.9 Å². The summed E-state index contributed by atoms with van der Waals surface area (Å²) in [5.41, 5.74) is 0. The molecule has 4 amide bonds. The van der Waals surface area contributed by atoms with Crippen LogP contribution in [0.4, 0.5) is 19.2 Å². The molecule has 0 saturated heterocycles. The van der Waals surface area contributed by atoms with E-state index in [1.165, 1.54) is 10.4 Å². The monoisotopic (exact) mass is 994 g/mol. The second-order valence-corrected chi connectivity index (χ2v) is 25.1. The van der Waals surface area contributed by atoms with Crippen LogP contribution in [-0.2, 0) is 66.5 Å². The van der Waals surface area contributed by atoms with E-state index in [-0.39, 0.29) is 72.4 Å². The van der Waals surface area contributed by atoms with Crippen molar-refractivity contribution in [3.8, 4) is 0 Å². The minimum atomic E-state index is -1.99. The number of alkyl carbamates (subject to hydrolysis) is 4. The van der Waals surface area contributed by atoms with E-state index in [2.05, 4.69) is 98.0 Å². The summed E-state index contributed by atoms with van der Waals surface area (Å²) in [4.78, 5) is 94.3. The van der Waals surface area contributed by atoms with Gasteiger partial charge in [0.05, 0.1) is 48.9 Å². The van der Waals surface area contributed by atoms with Gasteiger partial charge in [-0.3, -0.25) is 0 Å². The molecule has 1 unspecified atom stereocenters. The van der Waals surface area contributed by atoms with Gasteiger partial charge in [-0.1, -0.05) is 99.2 Å². The van der Waals surface area contributed by atoms with Crippen LogP contribution in [0.2, 0.25) is 38.3 Å². The van der Waals surface area contributed by atoms with Crippen molar-refractivity contribution in [3.05, 3.63) is 74.9 Å². The lowest BCUT2D eigenvalue weighted by atomic mass is 10.4. The predicted octanol–water partition coefficient (Wildman–Crippen LogP) is 2.80. The van der Waals surface area contributed by atoms with Crippen LogP contribution in [0.25, 0.3) is 0 Å². The van der Waals surface area contributed by atoms with Crippen LogP contribution in [0.5, 0.6) is 0 Å². The van der Waals surface area contributed by atoms with Crippen molar-refractivity contribution >= 4 is 74.8 Å². The average molecular weight is 995 g/mol. The average Bonchev–Trinajstić information content (AvgIpc) is 3.31. The highest BCUT2D eigenvalue weighted by Crippen LogP contribution is 2.16. The molecule has 22 nitrogen and oxygen atoms in total. The number of amides is 4. The zero-order valence-electron chi connectivity index (χ0n) is 39.3. The van der Waals surface area contributed by atoms with Crippen LogP contribution in [0, 0.1) is 0 Å². The van der Waals surface area contributed by atoms with E-state index in [1.54, 1.807) is 0 Å². The third kappa shape index (κ3) is 27.8. The smallest absolute Gasteiger partial charge is 0.410 e. The lowest BCUT2D eigenvalue weighted by Crippen LogP contribution is -2.45. The van der Waals surface area contributed by atoms with Gasteiger partial charge in [-0.2, -0.15) is 0 Å². The molecule has 0 bridgehead atoms. The third-order valence-corrected chi connectivity index (χ3v) is 16.2. The van der Waals surface area contributed by atoms with Gasteiger partial charge in [0.15, 0.2) is 6.61 Å². The molecule has 0 aliphatic carbocycles. The summed E-state index contributed by atoms with van der Waals surface area (Å²) in [6.45, 7) is 21.1. The Morgan fingerprint density at radius 1 is 0.471 bits per heavy atom. The highest BCUT2D eigenvalue weighted by atomic mass is 28.3. The van der Waals surface area contributed by atoms with Crippen LogP contribution in [0.3, 0.4) is 0 Å². The van der Waals surface area contributed by atoms with Gasteiger partial charge >= 0.3 is 48.3 Å². The van der Waals surface area contributed by atoms with E-state index in [9.17, 15) is 38.4 Å². The lowest BCUT2D eigenvalue weighted by molar-refractivity contribution is -0.138. The molecule has 1 atom stereocenters. The Hall–Kier alpha value is -6.51. The molecule has 0 aliphatic rings. The maximum atomic E-state index is 12.4. The highest BCUT2D eigenvalue weighted by Gasteiger charge is 2.27. The number of carbonyl (C=O) groups excluding carboxylic acids is 8. The number of benzene rings is 1. The maximum absolute atomic E-state index is 12.4. The van der Waals surface area contributed by atoms with Gasteiger partial charge in [0.2, 0.25) is 6.29 Å². The summed E-state index contributed by atoms with van der Waals surface area (Å²) in [7, 11) is -3.94. The summed E-state index contributed by atoms with van der Waals surface area (Å²) < 4.78 is 51.7. The summed E-state index contributed by atoms with van der Waals surface area (Å²) in [5.74, 6) is -2.63. The van der Waals surface area contributed by atoms with Crippen molar-refractivity contribution in [1.82, 2.24) is 21.3 Å². The number of ether oxygens (including phenoxy) is 10. The fraction of sp³-hybridized carbons (Fsp3) is 0.500. The number of rotatable bonds is 34. The molecule has 1 rings (SSSR count). The second-order valence-electron chi connectivity index (χ2n) is 15.4. The van der Waals surface area contributed by atoms with E-state index >= 15 is 0 Å². The Morgan fingerprint density at radius 3 is 1.18 bits per heavy atom.